The number of aliphatic carboxylic acids is 1. The molecule has 1 N–H and O–H groups in total. The summed E-state index contributed by atoms with van der Waals surface area (Å²) in [7, 11) is 0. The molecule has 1 unspecified atom stereocenters. The zero-order valence-electron chi connectivity index (χ0n) is 7.37. The predicted molar refractivity (Wildman–Crippen MR) is 54.5 cm³/mol. The van der Waals surface area contributed by atoms with E-state index in [9.17, 15) is 4.79 Å². The lowest BCUT2D eigenvalue weighted by Crippen LogP contribution is -2.17. The van der Waals surface area contributed by atoms with E-state index in [4.69, 9.17) is 9.84 Å². The van der Waals surface area contributed by atoms with Crippen molar-refractivity contribution in [3.63, 3.8) is 0 Å². The van der Waals surface area contributed by atoms with E-state index in [1.807, 2.05) is 18.2 Å². The molecule has 74 valence electrons. The highest BCUT2D eigenvalue weighted by molar-refractivity contribution is 9.10. The third-order valence-electron chi connectivity index (χ3n) is 2.17. The molecule has 1 aromatic carbocycles. The minimum atomic E-state index is -0.818. The highest BCUT2D eigenvalue weighted by Crippen LogP contribution is 2.32. The summed E-state index contributed by atoms with van der Waals surface area (Å²) in [4.78, 5) is 10.5. The lowest BCUT2D eigenvalue weighted by molar-refractivity contribution is -0.138. The molecule has 0 aliphatic carbocycles. The maximum atomic E-state index is 10.5. The Hall–Kier alpha value is -1.03. The molecule has 0 amide bonds. The zero-order valence-corrected chi connectivity index (χ0v) is 8.95. The SMILES string of the molecule is O=C(O)CC1Cc2cc(Br)ccc2O1. The van der Waals surface area contributed by atoms with Crippen molar-refractivity contribution in [2.45, 2.75) is 18.9 Å². The van der Waals surface area contributed by atoms with Crippen LogP contribution in [0.4, 0.5) is 0 Å². The molecular formula is C10H9BrO3. The summed E-state index contributed by atoms with van der Waals surface area (Å²) in [6.45, 7) is 0. The van der Waals surface area contributed by atoms with Crippen LogP contribution in [-0.2, 0) is 11.2 Å². The number of carbonyl (C=O) groups is 1. The fraction of sp³-hybridized carbons (Fsp3) is 0.300. The summed E-state index contributed by atoms with van der Waals surface area (Å²) in [5.74, 6) is -0.0127. The van der Waals surface area contributed by atoms with Crippen LogP contribution in [-0.4, -0.2) is 17.2 Å². The zero-order chi connectivity index (χ0) is 10.1. The fourth-order valence-corrected chi connectivity index (χ4v) is 2.01. The van der Waals surface area contributed by atoms with Crippen LogP contribution in [0, 0.1) is 0 Å². The minimum absolute atomic E-state index is 0.0618. The van der Waals surface area contributed by atoms with Crippen molar-refractivity contribution in [2.75, 3.05) is 0 Å². The Bertz CT molecular complexity index is 376. The van der Waals surface area contributed by atoms with Crippen LogP contribution < -0.4 is 4.74 Å². The number of carboxylic acid groups (broad SMARTS) is 1. The molecule has 14 heavy (non-hydrogen) atoms. The Kier molecular flexibility index (Phi) is 2.46. The number of fused-ring (bicyclic) bond motifs is 1. The van der Waals surface area contributed by atoms with Crippen LogP contribution in [0.25, 0.3) is 0 Å². The minimum Gasteiger partial charge on any atom is -0.489 e. The quantitative estimate of drug-likeness (QED) is 0.883. The number of hydrogen-bond donors (Lipinski definition) is 1. The molecule has 1 aromatic rings. The van der Waals surface area contributed by atoms with Crippen molar-refractivity contribution in [3.8, 4) is 5.75 Å². The highest BCUT2D eigenvalue weighted by atomic mass is 79.9. The van der Waals surface area contributed by atoms with Crippen molar-refractivity contribution >= 4 is 21.9 Å². The molecule has 1 heterocycles. The van der Waals surface area contributed by atoms with Gasteiger partial charge in [0.2, 0.25) is 0 Å². The van der Waals surface area contributed by atoms with Crippen LogP contribution in [0.1, 0.15) is 12.0 Å². The standard InChI is InChI=1S/C10H9BrO3/c11-7-1-2-9-6(3-7)4-8(14-9)5-10(12)13/h1-3,8H,4-5H2,(H,12,13). The van der Waals surface area contributed by atoms with Crippen LogP contribution in [0.15, 0.2) is 22.7 Å². The Morgan fingerprint density at radius 1 is 1.64 bits per heavy atom. The molecule has 1 aliphatic heterocycles. The molecular weight excluding hydrogens is 248 g/mol. The van der Waals surface area contributed by atoms with Gasteiger partial charge in [-0.05, 0) is 23.8 Å². The maximum Gasteiger partial charge on any atom is 0.307 e. The van der Waals surface area contributed by atoms with E-state index < -0.39 is 5.97 Å². The second kappa shape index (κ2) is 3.61. The summed E-state index contributed by atoms with van der Waals surface area (Å²) < 4.78 is 6.47. The maximum absolute atomic E-state index is 10.5. The summed E-state index contributed by atoms with van der Waals surface area (Å²) in [6.07, 6.45) is 0.532. The molecule has 3 nitrogen and oxygen atoms in total. The molecule has 0 spiro atoms. The first kappa shape index (κ1) is 9.52. The Morgan fingerprint density at radius 2 is 2.43 bits per heavy atom. The highest BCUT2D eigenvalue weighted by Gasteiger charge is 2.24. The second-order valence-corrected chi connectivity index (χ2v) is 4.21. The molecule has 1 atom stereocenters. The molecule has 4 heteroatoms. The normalized spacial score (nSPS) is 18.8. The first-order valence-electron chi connectivity index (χ1n) is 4.32. The van der Waals surface area contributed by atoms with Gasteiger partial charge < -0.3 is 9.84 Å². The molecule has 1 aliphatic rings. The van der Waals surface area contributed by atoms with Crippen LogP contribution in [0.5, 0.6) is 5.75 Å². The fourth-order valence-electron chi connectivity index (χ4n) is 1.60. The largest absolute Gasteiger partial charge is 0.489 e. The van der Waals surface area contributed by atoms with Crippen molar-refractivity contribution in [1.82, 2.24) is 0 Å². The lowest BCUT2D eigenvalue weighted by atomic mass is 10.1. The van der Waals surface area contributed by atoms with Gasteiger partial charge in [-0.25, -0.2) is 0 Å². The van der Waals surface area contributed by atoms with E-state index in [1.54, 1.807) is 0 Å². The molecule has 0 radical (unpaired) electrons. The third kappa shape index (κ3) is 1.90. The van der Waals surface area contributed by atoms with Gasteiger partial charge in [-0.15, -0.1) is 0 Å². The molecule has 0 saturated heterocycles. The van der Waals surface area contributed by atoms with Gasteiger partial charge in [0.25, 0.3) is 0 Å². The molecule has 2 rings (SSSR count). The van der Waals surface area contributed by atoms with E-state index in [1.165, 1.54) is 0 Å². The van der Waals surface area contributed by atoms with Gasteiger partial charge >= 0.3 is 5.97 Å². The summed E-state index contributed by atoms with van der Waals surface area (Å²) in [6, 6.07) is 5.72. The first-order chi connectivity index (χ1) is 6.65. The van der Waals surface area contributed by atoms with Gasteiger partial charge in [-0.2, -0.15) is 0 Å². The lowest BCUT2D eigenvalue weighted by Gasteiger charge is -2.06. The summed E-state index contributed by atoms with van der Waals surface area (Å²) in [5, 5.41) is 8.62. The van der Waals surface area contributed by atoms with Crippen molar-refractivity contribution in [2.24, 2.45) is 0 Å². The van der Waals surface area contributed by atoms with Crippen molar-refractivity contribution in [1.29, 1.82) is 0 Å². The van der Waals surface area contributed by atoms with Gasteiger partial charge in [0.1, 0.15) is 11.9 Å². The van der Waals surface area contributed by atoms with Gasteiger partial charge in [-0.3, -0.25) is 4.79 Å². The van der Waals surface area contributed by atoms with Crippen molar-refractivity contribution < 1.29 is 14.6 Å². The van der Waals surface area contributed by atoms with Crippen LogP contribution in [0.2, 0.25) is 0 Å². The number of ether oxygens (including phenoxy) is 1. The predicted octanol–water partition coefficient (Wildman–Crippen LogP) is 2.23. The second-order valence-electron chi connectivity index (χ2n) is 3.29. The van der Waals surface area contributed by atoms with Crippen LogP contribution >= 0.6 is 15.9 Å². The molecule has 0 saturated carbocycles. The monoisotopic (exact) mass is 256 g/mol. The van der Waals surface area contributed by atoms with E-state index >= 15 is 0 Å². The molecule has 0 bridgehead atoms. The number of benzene rings is 1. The number of carboxylic acids is 1. The molecule has 0 aromatic heterocycles. The molecule has 0 fully saturated rings. The van der Waals surface area contributed by atoms with Gasteiger partial charge in [0.05, 0.1) is 6.42 Å². The average molecular weight is 257 g/mol. The summed E-state index contributed by atoms with van der Waals surface area (Å²) in [5.41, 5.74) is 1.07. The third-order valence-corrected chi connectivity index (χ3v) is 2.66. The average Bonchev–Trinajstić information content (AvgIpc) is 2.44. The Labute approximate surface area is 89.8 Å². The van der Waals surface area contributed by atoms with Crippen molar-refractivity contribution in [3.05, 3.63) is 28.2 Å². The van der Waals surface area contributed by atoms with E-state index in [0.717, 1.165) is 15.8 Å². The van der Waals surface area contributed by atoms with E-state index in [-0.39, 0.29) is 12.5 Å². The van der Waals surface area contributed by atoms with Gasteiger partial charge in [0, 0.05) is 10.9 Å². The smallest absolute Gasteiger partial charge is 0.307 e. The number of hydrogen-bond acceptors (Lipinski definition) is 2. The first-order valence-corrected chi connectivity index (χ1v) is 5.11. The Balaban J connectivity index is 2.14. The number of halogens is 1. The number of rotatable bonds is 2. The van der Waals surface area contributed by atoms with E-state index in [2.05, 4.69) is 15.9 Å². The summed E-state index contributed by atoms with van der Waals surface area (Å²) >= 11 is 3.36. The van der Waals surface area contributed by atoms with Crippen LogP contribution in [0.3, 0.4) is 0 Å². The Morgan fingerprint density at radius 3 is 3.14 bits per heavy atom. The topological polar surface area (TPSA) is 46.5 Å². The van der Waals surface area contributed by atoms with Gasteiger partial charge in [-0.1, -0.05) is 15.9 Å². The van der Waals surface area contributed by atoms with Gasteiger partial charge in [0.15, 0.2) is 0 Å². The van der Waals surface area contributed by atoms with E-state index in [0.29, 0.717) is 6.42 Å².